The molecule has 1 aliphatic heterocycles. The van der Waals surface area contributed by atoms with Gasteiger partial charge in [0.05, 0.1) is 26.4 Å². The lowest BCUT2D eigenvalue weighted by Crippen LogP contribution is -2.50. The number of nitrogens with one attached hydrogen (secondary N) is 2. The molecular weight excluding hydrogens is 501 g/mol. The maximum absolute atomic E-state index is 14.3. The van der Waals surface area contributed by atoms with Crippen molar-refractivity contribution in [3.8, 4) is 17.0 Å². The van der Waals surface area contributed by atoms with E-state index in [1.54, 1.807) is 17.4 Å². The number of aromatic hydroxyl groups is 1. The second-order valence-corrected chi connectivity index (χ2v) is 11.4. The van der Waals surface area contributed by atoms with E-state index in [9.17, 15) is 14.3 Å². The summed E-state index contributed by atoms with van der Waals surface area (Å²) in [5.41, 5.74) is 4.45. The molecule has 38 heavy (non-hydrogen) atoms. The van der Waals surface area contributed by atoms with Crippen molar-refractivity contribution in [2.24, 2.45) is 5.92 Å². The Labute approximate surface area is 223 Å². The Kier molecular flexibility index (Phi) is 6.33. The number of aromatic nitrogens is 3. The second kappa shape index (κ2) is 9.81. The molecule has 0 unspecified atom stereocenters. The zero-order valence-corrected chi connectivity index (χ0v) is 22.0. The van der Waals surface area contributed by atoms with Crippen LogP contribution in [0, 0.1) is 18.7 Å². The van der Waals surface area contributed by atoms with Gasteiger partial charge < -0.3 is 10.4 Å². The van der Waals surface area contributed by atoms with Gasteiger partial charge in [-0.1, -0.05) is 19.1 Å². The first kappa shape index (κ1) is 24.5. The molecule has 2 atom stereocenters. The Morgan fingerprint density at radius 1 is 1.21 bits per heavy atom. The first-order valence-electron chi connectivity index (χ1n) is 12.7. The number of phenolic OH excluding ortho intramolecular Hbond substituents is 1. The monoisotopic (exact) mass is 529 g/mol. The van der Waals surface area contributed by atoms with E-state index in [1.165, 1.54) is 18.2 Å². The third-order valence-corrected chi connectivity index (χ3v) is 8.07. The van der Waals surface area contributed by atoms with Crippen LogP contribution in [0.15, 0.2) is 54.6 Å². The lowest BCUT2D eigenvalue weighted by Gasteiger charge is -2.37. The van der Waals surface area contributed by atoms with Gasteiger partial charge in [0.15, 0.2) is 0 Å². The summed E-state index contributed by atoms with van der Waals surface area (Å²) in [4.78, 5) is 19.9. The number of carbonyl (C=O) groups is 1. The fourth-order valence-corrected chi connectivity index (χ4v) is 6.32. The minimum Gasteiger partial charge on any atom is -0.508 e. The zero-order chi connectivity index (χ0) is 26.4. The van der Waals surface area contributed by atoms with Crippen molar-refractivity contribution in [2.45, 2.75) is 32.9 Å². The number of aryl methyl sites for hydroxylation is 1. The SMILES string of the molecule is Cc1nc2ccc(-c3n[nH]c4ccc(C(=O)N[C@@H]5C[C@H](C)CN(Cc6c(O)cccc6F)C5)cc34)cc2s1. The molecule has 1 saturated heterocycles. The summed E-state index contributed by atoms with van der Waals surface area (Å²) in [6.45, 7) is 5.77. The highest BCUT2D eigenvalue weighted by molar-refractivity contribution is 7.18. The Bertz CT molecular complexity index is 1640. The second-order valence-electron chi connectivity index (χ2n) is 10.2. The van der Waals surface area contributed by atoms with Gasteiger partial charge in [-0.3, -0.25) is 14.8 Å². The minimum atomic E-state index is -0.419. The van der Waals surface area contributed by atoms with Crippen molar-refractivity contribution >= 4 is 38.4 Å². The number of rotatable bonds is 5. The molecule has 0 aliphatic carbocycles. The summed E-state index contributed by atoms with van der Waals surface area (Å²) in [6.07, 6.45) is 0.832. The van der Waals surface area contributed by atoms with Crippen molar-refractivity contribution in [1.82, 2.24) is 25.4 Å². The number of aromatic amines is 1. The predicted molar refractivity (Wildman–Crippen MR) is 148 cm³/mol. The molecule has 6 rings (SSSR count). The lowest BCUT2D eigenvalue weighted by atomic mass is 9.95. The predicted octanol–water partition coefficient (Wildman–Crippen LogP) is 5.63. The Morgan fingerprint density at radius 3 is 2.92 bits per heavy atom. The summed E-state index contributed by atoms with van der Waals surface area (Å²) >= 11 is 1.65. The van der Waals surface area contributed by atoms with Crippen LogP contribution in [0.4, 0.5) is 4.39 Å². The number of hydrogen-bond acceptors (Lipinski definition) is 6. The number of carbonyl (C=O) groups excluding carboxylic acids is 1. The maximum Gasteiger partial charge on any atom is 0.251 e. The van der Waals surface area contributed by atoms with Gasteiger partial charge in [-0.05, 0) is 61.7 Å². The first-order valence-corrected chi connectivity index (χ1v) is 13.5. The summed E-state index contributed by atoms with van der Waals surface area (Å²) in [6, 6.07) is 15.9. The minimum absolute atomic E-state index is 0.0438. The number of fused-ring (bicyclic) bond motifs is 2. The molecule has 0 bridgehead atoms. The van der Waals surface area contributed by atoms with Crippen molar-refractivity contribution in [1.29, 1.82) is 0 Å². The third kappa shape index (κ3) is 4.75. The number of hydrogen-bond donors (Lipinski definition) is 3. The van der Waals surface area contributed by atoms with E-state index in [0.717, 1.165) is 50.4 Å². The Morgan fingerprint density at radius 2 is 2.08 bits per heavy atom. The molecule has 3 aromatic carbocycles. The molecule has 1 aliphatic rings. The molecule has 3 heterocycles. The molecule has 2 aromatic heterocycles. The van der Waals surface area contributed by atoms with Crippen LogP contribution in [-0.4, -0.2) is 50.2 Å². The van der Waals surface area contributed by atoms with Crippen molar-refractivity contribution in [3.05, 3.63) is 76.5 Å². The van der Waals surface area contributed by atoms with Gasteiger partial charge in [0.25, 0.3) is 5.91 Å². The van der Waals surface area contributed by atoms with Crippen LogP contribution in [0.25, 0.3) is 32.4 Å². The van der Waals surface area contributed by atoms with Crippen LogP contribution in [0.1, 0.15) is 34.3 Å². The molecule has 9 heteroatoms. The van der Waals surface area contributed by atoms with Gasteiger partial charge in [0.2, 0.25) is 0 Å². The van der Waals surface area contributed by atoms with Crippen molar-refractivity contribution in [2.75, 3.05) is 13.1 Å². The average Bonchev–Trinajstić information content (AvgIpc) is 3.47. The number of nitrogens with zero attached hydrogens (tertiary/aromatic N) is 3. The maximum atomic E-state index is 14.3. The van der Waals surface area contributed by atoms with Gasteiger partial charge in [-0.2, -0.15) is 5.10 Å². The van der Waals surface area contributed by atoms with E-state index in [0.29, 0.717) is 24.6 Å². The molecule has 194 valence electrons. The highest BCUT2D eigenvalue weighted by atomic mass is 32.1. The molecule has 3 N–H and O–H groups in total. The van der Waals surface area contributed by atoms with Crippen LogP contribution in [0.5, 0.6) is 5.75 Å². The van der Waals surface area contributed by atoms with Gasteiger partial charge in [0, 0.05) is 47.8 Å². The van der Waals surface area contributed by atoms with Crippen LogP contribution in [0.3, 0.4) is 0 Å². The molecule has 5 aromatic rings. The van der Waals surface area contributed by atoms with E-state index in [-0.39, 0.29) is 23.3 Å². The van der Waals surface area contributed by atoms with Crippen LogP contribution >= 0.6 is 11.3 Å². The van der Waals surface area contributed by atoms with Crippen LogP contribution in [0.2, 0.25) is 0 Å². The van der Waals surface area contributed by atoms with Crippen molar-refractivity contribution < 1.29 is 14.3 Å². The number of likely N-dealkylation sites (tertiary alicyclic amines) is 1. The molecule has 1 fully saturated rings. The van der Waals surface area contributed by atoms with Gasteiger partial charge in [0.1, 0.15) is 11.6 Å². The topological polar surface area (TPSA) is 94.1 Å². The van der Waals surface area contributed by atoms with E-state index >= 15 is 0 Å². The summed E-state index contributed by atoms with van der Waals surface area (Å²) < 4.78 is 15.4. The number of amides is 1. The smallest absolute Gasteiger partial charge is 0.251 e. The van der Waals surface area contributed by atoms with Gasteiger partial charge >= 0.3 is 0 Å². The molecular formula is C29H28FN5O2S. The summed E-state index contributed by atoms with van der Waals surface area (Å²) in [5, 5.41) is 22.8. The number of benzene rings is 3. The van der Waals surface area contributed by atoms with E-state index < -0.39 is 5.82 Å². The summed E-state index contributed by atoms with van der Waals surface area (Å²) in [7, 11) is 0. The normalized spacial score (nSPS) is 18.3. The zero-order valence-electron chi connectivity index (χ0n) is 21.2. The fraction of sp³-hybridized carbons (Fsp3) is 0.276. The molecule has 7 nitrogen and oxygen atoms in total. The van der Waals surface area contributed by atoms with Crippen molar-refractivity contribution in [3.63, 3.8) is 0 Å². The quantitative estimate of drug-likeness (QED) is 0.274. The Balaban J connectivity index is 1.21. The largest absolute Gasteiger partial charge is 0.508 e. The molecule has 0 spiro atoms. The number of H-pyrrole nitrogens is 1. The number of phenols is 1. The fourth-order valence-electron chi connectivity index (χ4n) is 5.45. The third-order valence-electron chi connectivity index (χ3n) is 7.14. The van der Waals surface area contributed by atoms with Crippen LogP contribution < -0.4 is 5.32 Å². The number of thiazole rings is 1. The van der Waals surface area contributed by atoms with Crippen LogP contribution in [-0.2, 0) is 6.54 Å². The van der Waals surface area contributed by atoms with E-state index in [4.69, 9.17) is 0 Å². The molecule has 1 amide bonds. The highest BCUT2D eigenvalue weighted by Crippen LogP contribution is 2.32. The standard InChI is InChI=1S/C29H28FN5O2S/c1-16-10-20(14-35(13-16)15-22-23(30)4-3-5-26(22)36)32-29(37)19-7-8-24-21(11-19)28(34-33-24)18-6-9-25-27(12-18)38-17(2)31-25/h3-9,11-12,16,20,36H,10,13-15H2,1-2H3,(H,32,37)(H,33,34)/t16-,20+/m0/s1. The van der Waals surface area contributed by atoms with E-state index in [1.807, 2.05) is 31.2 Å². The number of halogens is 1. The molecule has 0 radical (unpaired) electrons. The summed E-state index contributed by atoms with van der Waals surface area (Å²) in [5.74, 6) is -0.299. The Hall–Kier alpha value is -3.82. The highest BCUT2D eigenvalue weighted by Gasteiger charge is 2.27. The first-order chi connectivity index (χ1) is 18.3. The number of piperidine rings is 1. The van der Waals surface area contributed by atoms with Gasteiger partial charge in [-0.15, -0.1) is 11.3 Å². The van der Waals surface area contributed by atoms with E-state index in [2.05, 4.69) is 38.4 Å². The van der Waals surface area contributed by atoms with Gasteiger partial charge in [-0.25, -0.2) is 9.37 Å². The molecule has 0 saturated carbocycles. The average molecular weight is 530 g/mol. The lowest BCUT2D eigenvalue weighted by molar-refractivity contribution is 0.0867.